The molecule has 0 aromatic heterocycles. The highest BCUT2D eigenvalue weighted by atomic mass is 16.6. The average Bonchev–Trinajstić information content (AvgIpc) is 2.79. The standard InChI is InChI=1S/C24H31N3O4/c1-18-7-8-21(29-2)19(13-18)15-26-9-11-27(12-10-26)16-24(28)25-14-20-17-30-22-5-3-4-6-23(22)31-20/h3-8,13,20H,9-12,14-17H2,1-2H3,(H,25,28)/p+2/t20-/m1/s1. The summed E-state index contributed by atoms with van der Waals surface area (Å²) in [6.07, 6.45) is -0.153. The maximum absolute atomic E-state index is 12.4. The molecular formula is C24H33N3O4+2. The van der Waals surface area contributed by atoms with Crippen LogP contribution < -0.4 is 29.3 Å². The predicted octanol–water partition coefficient (Wildman–Crippen LogP) is -0.757. The van der Waals surface area contributed by atoms with Gasteiger partial charge in [0.2, 0.25) is 0 Å². The summed E-state index contributed by atoms with van der Waals surface area (Å²) in [5.74, 6) is 2.53. The number of benzene rings is 2. The van der Waals surface area contributed by atoms with Gasteiger partial charge in [0.15, 0.2) is 18.0 Å². The van der Waals surface area contributed by atoms with Crippen LogP contribution in [0.4, 0.5) is 0 Å². The topological polar surface area (TPSA) is 65.7 Å². The Hall–Kier alpha value is -2.77. The molecule has 31 heavy (non-hydrogen) atoms. The number of amides is 1. The summed E-state index contributed by atoms with van der Waals surface area (Å²) < 4.78 is 17.1. The zero-order chi connectivity index (χ0) is 21.6. The summed E-state index contributed by atoms with van der Waals surface area (Å²) in [4.78, 5) is 15.3. The summed E-state index contributed by atoms with van der Waals surface area (Å²) in [7, 11) is 1.73. The number of nitrogens with one attached hydrogen (secondary N) is 3. The first kappa shape index (κ1) is 21.5. The predicted molar refractivity (Wildman–Crippen MR) is 117 cm³/mol. The van der Waals surface area contributed by atoms with Crippen LogP contribution in [0.2, 0.25) is 0 Å². The van der Waals surface area contributed by atoms with Crippen LogP contribution in [0.5, 0.6) is 17.2 Å². The fourth-order valence-corrected chi connectivity index (χ4v) is 4.31. The fourth-order valence-electron chi connectivity index (χ4n) is 4.31. The highest BCUT2D eigenvalue weighted by Gasteiger charge is 2.27. The molecule has 0 bridgehead atoms. The number of rotatable bonds is 7. The van der Waals surface area contributed by atoms with Crippen LogP contribution in [0.1, 0.15) is 11.1 Å². The third kappa shape index (κ3) is 5.68. The number of hydrogen-bond acceptors (Lipinski definition) is 4. The van der Waals surface area contributed by atoms with Crippen molar-refractivity contribution < 1.29 is 28.8 Å². The largest absolute Gasteiger partial charge is 0.496 e. The van der Waals surface area contributed by atoms with Gasteiger partial charge in [-0.15, -0.1) is 0 Å². The van der Waals surface area contributed by atoms with Crippen LogP contribution in [0.3, 0.4) is 0 Å². The highest BCUT2D eigenvalue weighted by molar-refractivity contribution is 5.76. The first-order chi connectivity index (χ1) is 15.1. The Balaban J connectivity index is 1.18. The second kappa shape index (κ2) is 10.0. The minimum absolute atomic E-state index is 0.0706. The van der Waals surface area contributed by atoms with Gasteiger partial charge in [-0.1, -0.05) is 23.8 Å². The molecule has 4 rings (SSSR count). The molecule has 3 N–H and O–H groups in total. The number of para-hydroxylation sites is 2. The molecule has 0 radical (unpaired) electrons. The van der Waals surface area contributed by atoms with Crippen molar-refractivity contribution in [2.24, 2.45) is 0 Å². The van der Waals surface area contributed by atoms with Crippen LogP contribution in [-0.4, -0.2) is 65.0 Å². The van der Waals surface area contributed by atoms with E-state index in [-0.39, 0.29) is 12.0 Å². The lowest BCUT2D eigenvalue weighted by Crippen LogP contribution is -3.28. The van der Waals surface area contributed by atoms with Gasteiger partial charge >= 0.3 is 0 Å². The van der Waals surface area contributed by atoms with E-state index in [0.29, 0.717) is 19.7 Å². The molecule has 1 saturated heterocycles. The van der Waals surface area contributed by atoms with Crippen molar-refractivity contribution in [3.63, 3.8) is 0 Å². The Morgan fingerprint density at radius 2 is 1.84 bits per heavy atom. The minimum atomic E-state index is -0.153. The Morgan fingerprint density at radius 3 is 2.61 bits per heavy atom. The summed E-state index contributed by atoms with van der Waals surface area (Å²) in [6.45, 7) is 8.59. The first-order valence-corrected chi connectivity index (χ1v) is 11.1. The van der Waals surface area contributed by atoms with Gasteiger partial charge in [-0.3, -0.25) is 4.79 Å². The van der Waals surface area contributed by atoms with Crippen molar-refractivity contribution in [1.82, 2.24) is 5.32 Å². The molecular weight excluding hydrogens is 394 g/mol. The molecule has 2 aromatic rings. The molecule has 2 aromatic carbocycles. The van der Waals surface area contributed by atoms with Crippen LogP contribution in [0.25, 0.3) is 0 Å². The average molecular weight is 428 g/mol. The van der Waals surface area contributed by atoms with Gasteiger partial charge in [0.05, 0.1) is 13.7 Å². The van der Waals surface area contributed by atoms with Crippen molar-refractivity contribution in [2.75, 3.05) is 53.0 Å². The Bertz CT molecular complexity index is 896. The van der Waals surface area contributed by atoms with Gasteiger partial charge in [-0.05, 0) is 31.2 Å². The quantitative estimate of drug-likeness (QED) is 0.544. The third-order valence-electron chi connectivity index (χ3n) is 6.05. The van der Waals surface area contributed by atoms with E-state index in [1.165, 1.54) is 16.0 Å². The minimum Gasteiger partial charge on any atom is -0.496 e. The maximum Gasteiger partial charge on any atom is 0.275 e. The van der Waals surface area contributed by atoms with E-state index in [4.69, 9.17) is 14.2 Å². The number of methoxy groups -OCH3 is 1. The Morgan fingerprint density at radius 1 is 1.10 bits per heavy atom. The van der Waals surface area contributed by atoms with Crippen molar-refractivity contribution in [3.8, 4) is 17.2 Å². The lowest BCUT2D eigenvalue weighted by molar-refractivity contribution is -1.02. The second-order valence-corrected chi connectivity index (χ2v) is 8.47. The van der Waals surface area contributed by atoms with E-state index in [0.717, 1.165) is 50.0 Å². The van der Waals surface area contributed by atoms with Gasteiger partial charge in [0.25, 0.3) is 5.91 Å². The van der Waals surface area contributed by atoms with Crippen LogP contribution >= 0.6 is 0 Å². The van der Waals surface area contributed by atoms with Crippen molar-refractivity contribution >= 4 is 5.91 Å². The van der Waals surface area contributed by atoms with Crippen LogP contribution in [0, 0.1) is 6.92 Å². The molecule has 1 fully saturated rings. The number of carbonyl (C=O) groups is 1. The SMILES string of the molecule is COc1ccc(C)cc1C[NH+]1CC[NH+](CC(=O)NC[C@@H]2COc3ccccc3O2)CC1. The van der Waals surface area contributed by atoms with Crippen LogP contribution in [0.15, 0.2) is 42.5 Å². The van der Waals surface area contributed by atoms with E-state index in [1.54, 1.807) is 12.0 Å². The molecule has 166 valence electrons. The molecule has 2 aliphatic rings. The number of piperazine rings is 1. The van der Waals surface area contributed by atoms with Gasteiger partial charge in [-0.25, -0.2) is 0 Å². The van der Waals surface area contributed by atoms with E-state index in [2.05, 4.69) is 30.4 Å². The maximum atomic E-state index is 12.4. The van der Waals surface area contributed by atoms with E-state index < -0.39 is 0 Å². The summed E-state index contributed by atoms with van der Waals surface area (Å²) >= 11 is 0. The number of aryl methyl sites for hydroxylation is 1. The smallest absolute Gasteiger partial charge is 0.275 e. The zero-order valence-corrected chi connectivity index (χ0v) is 18.4. The molecule has 0 aliphatic carbocycles. The molecule has 0 unspecified atom stereocenters. The number of ether oxygens (including phenoxy) is 3. The van der Waals surface area contributed by atoms with E-state index in [9.17, 15) is 4.79 Å². The molecule has 2 aliphatic heterocycles. The molecule has 7 heteroatoms. The molecule has 2 heterocycles. The molecule has 0 spiro atoms. The van der Waals surface area contributed by atoms with Gasteiger partial charge in [-0.2, -0.15) is 0 Å². The fraction of sp³-hybridized carbons (Fsp3) is 0.458. The zero-order valence-electron chi connectivity index (χ0n) is 18.4. The van der Waals surface area contributed by atoms with Crippen molar-refractivity contribution in [2.45, 2.75) is 19.6 Å². The van der Waals surface area contributed by atoms with Crippen molar-refractivity contribution in [3.05, 3.63) is 53.6 Å². The van der Waals surface area contributed by atoms with Crippen molar-refractivity contribution in [1.29, 1.82) is 0 Å². The molecule has 1 amide bonds. The highest BCUT2D eigenvalue weighted by Crippen LogP contribution is 2.30. The lowest BCUT2D eigenvalue weighted by atomic mass is 10.1. The second-order valence-electron chi connectivity index (χ2n) is 8.47. The van der Waals surface area contributed by atoms with Gasteiger partial charge in [0.1, 0.15) is 51.2 Å². The van der Waals surface area contributed by atoms with Gasteiger partial charge < -0.3 is 29.3 Å². The van der Waals surface area contributed by atoms with Gasteiger partial charge in [0, 0.05) is 5.56 Å². The lowest BCUT2D eigenvalue weighted by Gasteiger charge is -2.30. The number of carbonyl (C=O) groups excluding carboxylic acids is 1. The molecule has 7 nitrogen and oxygen atoms in total. The Kier molecular flexibility index (Phi) is 6.94. The number of quaternary nitrogens is 2. The monoisotopic (exact) mass is 427 g/mol. The normalized spacial score (nSPS) is 22.6. The van der Waals surface area contributed by atoms with E-state index in [1.807, 2.05) is 24.3 Å². The van der Waals surface area contributed by atoms with Crippen LogP contribution in [-0.2, 0) is 11.3 Å². The molecule has 0 saturated carbocycles. The first-order valence-electron chi connectivity index (χ1n) is 11.1. The number of fused-ring (bicyclic) bond motifs is 1. The summed E-state index contributed by atoms with van der Waals surface area (Å²) in [6, 6.07) is 14.0. The Labute approximate surface area is 183 Å². The summed E-state index contributed by atoms with van der Waals surface area (Å²) in [5.41, 5.74) is 2.52. The van der Waals surface area contributed by atoms with E-state index >= 15 is 0 Å². The third-order valence-corrected chi connectivity index (χ3v) is 6.05. The number of hydrogen-bond donors (Lipinski definition) is 3. The molecule has 1 atom stereocenters. The summed E-state index contributed by atoms with van der Waals surface area (Å²) in [5, 5.41) is 3.01.